The molecule has 0 amide bonds. The highest BCUT2D eigenvalue weighted by Crippen LogP contribution is 3.27. The van der Waals surface area contributed by atoms with E-state index in [0.717, 1.165) is 0 Å². The first-order chi connectivity index (χ1) is 16.4. The van der Waals surface area contributed by atoms with Crippen LogP contribution in [0.25, 0.3) is 0 Å². The Morgan fingerprint density at radius 1 is 0.324 bits per heavy atom. The van der Waals surface area contributed by atoms with Gasteiger partial charge in [-0.15, -0.1) is 0 Å². The summed E-state index contributed by atoms with van der Waals surface area (Å²) in [6.45, 7) is 8.33. The predicted molar refractivity (Wildman–Crippen MR) is 170 cm³/mol. The van der Waals surface area contributed by atoms with Crippen molar-refractivity contribution in [3.05, 3.63) is 121 Å². The summed E-state index contributed by atoms with van der Waals surface area (Å²) >= 11 is 0. The van der Waals surface area contributed by atoms with Gasteiger partial charge < -0.3 is 0 Å². The van der Waals surface area contributed by atoms with Crippen molar-refractivity contribution in [2.24, 2.45) is 0 Å². The summed E-state index contributed by atoms with van der Waals surface area (Å²) in [7, 11) is -0.990. The number of hydrogen-bond donors (Lipinski definition) is 0. The predicted octanol–water partition coefficient (Wildman–Crippen LogP) is 9.27. The Morgan fingerprint density at radius 2 is 0.500 bits per heavy atom. The van der Waals surface area contributed by atoms with Gasteiger partial charge in [-0.25, -0.2) is 0 Å². The smallest absolute Gasteiger partial charge is 0.0622 e. The minimum absolute atomic E-state index is 0.247. The van der Waals surface area contributed by atoms with Crippen LogP contribution < -0.4 is 21.2 Å². The van der Waals surface area contributed by atoms with Crippen molar-refractivity contribution in [2.45, 2.75) is 0 Å². The zero-order valence-electron chi connectivity index (χ0n) is 20.2. The first kappa shape index (κ1) is 25.1. The zero-order valence-corrected chi connectivity index (χ0v) is 25.6. The molecule has 172 valence electrons. The van der Waals surface area contributed by atoms with E-state index in [1.54, 1.807) is 21.2 Å². The fourth-order valence-electron chi connectivity index (χ4n) is 4.80. The second kappa shape index (κ2) is 10.4. The van der Waals surface area contributed by atoms with Gasteiger partial charge in [0.25, 0.3) is 0 Å². The summed E-state index contributed by atoms with van der Waals surface area (Å²) in [6, 6.07) is 46.7. The van der Waals surface area contributed by atoms with Gasteiger partial charge in [-0.1, -0.05) is 121 Å². The topological polar surface area (TPSA) is 0 Å². The minimum Gasteiger partial charge on any atom is -0.0622 e. The lowest BCUT2D eigenvalue weighted by molar-refractivity contribution is 1.77. The van der Waals surface area contributed by atoms with Crippen LogP contribution in [0.2, 0.25) is 0 Å². The molecule has 0 radical (unpaired) electrons. The monoisotopic (exact) mass is 554 g/mol. The van der Waals surface area contributed by atoms with Crippen molar-refractivity contribution >= 4 is 63.7 Å². The summed E-state index contributed by atoms with van der Waals surface area (Å²) in [5, 5.41) is 6.57. The van der Waals surface area contributed by atoms with E-state index in [9.17, 15) is 0 Å². The number of benzene rings is 4. The first-order valence-corrected chi connectivity index (χ1v) is 26.5. The molecule has 0 bridgehead atoms. The molecule has 4 atom stereocenters. The van der Waals surface area contributed by atoms with Crippen LogP contribution in [0.3, 0.4) is 0 Å². The molecule has 6 heteroatoms. The fraction of sp³-hybridized carbons (Fsp3) is 0.143. The van der Waals surface area contributed by atoms with Crippen LogP contribution in [-0.2, 0) is 0 Å². The van der Waals surface area contributed by atoms with Gasteiger partial charge in [0.05, 0.1) is 39.9 Å². The fourth-order valence-corrected chi connectivity index (χ4v) is 105. The lowest BCUT2D eigenvalue weighted by Crippen LogP contribution is -2.18. The van der Waals surface area contributed by atoms with E-state index < -0.39 is 13.3 Å². The number of rotatable bonds is 4. The average Bonchev–Trinajstić information content (AvgIpc) is 2.86. The van der Waals surface area contributed by atoms with Gasteiger partial charge in [-0.2, -0.15) is 0 Å². The van der Waals surface area contributed by atoms with Gasteiger partial charge >= 0.3 is 0 Å². The van der Waals surface area contributed by atoms with Crippen LogP contribution in [0.15, 0.2) is 121 Å². The first-order valence-electron chi connectivity index (χ1n) is 11.5. The summed E-state index contributed by atoms with van der Waals surface area (Å²) in [6.07, 6.45) is 0. The van der Waals surface area contributed by atoms with Crippen molar-refractivity contribution in [3.63, 3.8) is 0 Å². The summed E-state index contributed by atoms with van der Waals surface area (Å²) in [4.78, 5) is 0. The Kier molecular flexibility index (Phi) is 7.72. The molecule has 4 aromatic rings. The van der Waals surface area contributed by atoms with Crippen LogP contribution in [0.5, 0.6) is 0 Å². The molecule has 1 aliphatic heterocycles. The molecule has 4 aromatic carbocycles. The van der Waals surface area contributed by atoms with E-state index in [1.165, 1.54) is 0 Å². The van der Waals surface area contributed by atoms with Gasteiger partial charge in [-0.05, 0) is 0 Å². The molecular weight excluding hydrogens is 522 g/mol. The SMILES string of the molecule is C[P+]1(C)P(c2ccccc2)P(c2ccccc2)[P+](C)(C)P(c2ccccc2)P1c1ccccc1. The third-order valence-corrected chi connectivity index (χ3v) is 69.1. The van der Waals surface area contributed by atoms with E-state index in [4.69, 9.17) is 0 Å². The lowest BCUT2D eigenvalue weighted by atomic mass is 10.4. The standard InChI is InChI=1S/C28H32P6/c1-33(2)29(25-17-9-5-10-18-25)31(27-21-13-7-14-22-27)34(3,4)32(28-23-15-8-16-24-28)30(33)26-19-11-6-12-20-26/h5-24H,1-4H3/q+2. The summed E-state index contributed by atoms with van der Waals surface area (Å²) in [5.41, 5.74) is 0. The maximum absolute atomic E-state index is 2.74. The molecule has 4 unspecified atom stereocenters. The van der Waals surface area contributed by atoms with E-state index in [2.05, 4.69) is 148 Å². The Bertz CT molecular complexity index is 1020. The molecule has 34 heavy (non-hydrogen) atoms. The number of hydrogen-bond acceptors (Lipinski definition) is 0. The molecule has 1 saturated heterocycles. The van der Waals surface area contributed by atoms with E-state index in [0.29, 0.717) is 0 Å². The molecule has 0 saturated carbocycles. The molecule has 0 N–H and O–H groups in total. The second-order valence-corrected chi connectivity index (χ2v) is 46.2. The van der Waals surface area contributed by atoms with Crippen molar-refractivity contribution in [2.75, 3.05) is 26.7 Å². The molecule has 0 aliphatic carbocycles. The van der Waals surface area contributed by atoms with Crippen LogP contribution in [-0.4, -0.2) is 26.7 Å². The Balaban J connectivity index is 1.81. The largest absolute Gasteiger partial charge is 0.158 e. The van der Waals surface area contributed by atoms with Crippen molar-refractivity contribution in [3.8, 4) is 0 Å². The van der Waals surface area contributed by atoms with Crippen LogP contribution in [0.4, 0.5) is 0 Å². The zero-order chi connectivity index (χ0) is 23.8. The quantitative estimate of drug-likeness (QED) is 0.221. The molecule has 5 rings (SSSR count). The maximum atomic E-state index is 2.74. The van der Waals surface area contributed by atoms with Crippen LogP contribution in [0, 0.1) is 0 Å². The molecular formula is C28H32P6+2. The van der Waals surface area contributed by atoms with Crippen molar-refractivity contribution in [1.29, 1.82) is 0 Å². The lowest BCUT2D eigenvalue weighted by Gasteiger charge is -2.49. The highest BCUT2D eigenvalue weighted by atomic mass is 33.0. The molecule has 1 heterocycles. The highest BCUT2D eigenvalue weighted by molar-refractivity contribution is 9.17. The van der Waals surface area contributed by atoms with Crippen LogP contribution >= 0.6 is 42.5 Å². The Morgan fingerprint density at radius 3 is 0.676 bits per heavy atom. The van der Waals surface area contributed by atoms with E-state index in [1.807, 2.05) is 0 Å². The molecule has 1 fully saturated rings. The summed E-state index contributed by atoms with van der Waals surface area (Å²) in [5.74, 6) is 0. The summed E-state index contributed by atoms with van der Waals surface area (Å²) < 4.78 is 0. The normalized spacial score (nSPS) is 25.5. The maximum Gasteiger partial charge on any atom is 0.158 e. The van der Waals surface area contributed by atoms with Gasteiger partial charge in [-0.3, -0.25) is 0 Å². The van der Waals surface area contributed by atoms with Crippen molar-refractivity contribution in [1.82, 2.24) is 0 Å². The minimum atomic E-state index is -1.31. The second-order valence-electron chi connectivity index (χ2n) is 9.17. The average molecular weight is 554 g/mol. The molecule has 0 nitrogen and oxygen atoms in total. The van der Waals surface area contributed by atoms with Gasteiger partial charge in [0.2, 0.25) is 0 Å². The van der Waals surface area contributed by atoms with Gasteiger partial charge in [0.1, 0.15) is 0 Å². The molecule has 0 aromatic heterocycles. The Hall–Kier alpha value is -0.540. The van der Waals surface area contributed by atoms with E-state index in [-0.39, 0.29) is 29.2 Å². The van der Waals surface area contributed by atoms with E-state index >= 15 is 0 Å². The van der Waals surface area contributed by atoms with Gasteiger partial charge in [0.15, 0.2) is 29.2 Å². The van der Waals surface area contributed by atoms with Crippen molar-refractivity contribution < 1.29 is 0 Å². The third-order valence-electron chi connectivity index (χ3n) is 6.16. The molecule has 0 spiro atoms. The van der Waals surface area contributed by atoms with Gasteiger partial charge in [0, 0.05) is 21.2 Å². The third kappa shape index (κ3) is 4.62. The highest BCUT2D eigenvalue weighted by Gasteiger charge is 2.71. The van der Waals surface area contributed by atoms with Crippen LogP contribution in [0.1, 0.15) is 0 Å². The Labute approximate surface area is 211 Å². The molecule has 1 aliphatic rings.